The van der Waals surface area contributed by atoms with E-state index in [1.54, 1.807) is 19.0 Å². The first-order valence-corrected chi connectivity index (χ1v) is 6.47. The molecule has 1 rings (SSSR count). The fraction of sp³-hybridized carbons (Fsp3) is 0.571. The van der Waals surface area contributed by atoms with Gasteiger partial charge in [0.25, 0.3) is 0 Å². The molecule has 1 aromatic carbocycles. The number of hydrogen-bond donors (Lipinski definition) is 0. The Balaban J connectivity index is 3.33. The molecule has 0 atom stereocenters. The van der Waals surface area contributed by atoms with Crippen molar-refractivity contribution in [2.75, 3.05) is 27.7 Å². The standard InChI is InChI=1S/C14H17F6NO/c1-21(2)6-4-5-10-11(14(18,19)20)7-9(13(15,16)17)8-12(10)22-3/h7-8H,4-6H2,1-3H3. The minimum absolute atomic E-state index is 0.0195. The van der Waals surface area contributed by atoms with Crippen molar-refractivity contribution in [2.24, 2.45) is 0 Å². The van der Waals surface area contributed by atoms with Crippen LogP contribution in [-0.2, 0) is 18.8 Å². The van der Waals surface area contributed by atoms with Gasteiger partial charge in [0.2, 0.25) is 0 Å². The summed E-state index contributed by atoms with van der Waals surface area (Å²) in [6.45, 7) is 0.515. The molecule has 0 saturated heterocycles. The predicted molar refractivity (Wildman–Crippen MR) is 69.9 cm³/mol. The fourth-order valence-corrected chi connectivity index (χ4v) is 2.07. The predicted octanol–water partition coefficient (Wildman–Crippen LogP) is 4.23. The first kappa shape index (κ1) is 18.6. The molecule has 0 N–H and O–H groups in total. The highest BCUT2D eigenvalue weighted by atomic mass is 19.4. The summed E-state index contributed by atoms with van der Waals surface area (Å²) in [5.41, 5.74) is -2.91. The second-order valence-corrected chi connectivity index (χ2v) is 5.11. The Morgan fingerprint density at radius 3 is 2.00 bits per heavy atom. The summed E-state index contributed by atoms with van der Waals surface area (Å²) in [5, 5.41) is 0. The van der Waals surface area contributed by atoms with Crippen LogP contribution >= 0.6 is 0 Å². The molecule has 0 saturated carbocycles. The molecule has 0 amide bonds. The minimum Gasteiger partial charge on any atom is -0.496 e. The molecule has 2 nitrogen and oxygen atoms in total. The van der Waals surface area contributed by atoms with Crippen LogP contribution in [-0.4, -0.2) is 32.6 Å². The maximum absolute atomic E-state index is 13.1. The number of halogens is 6. The molecule has 0 aliphatic rings. The van der Waals surface area contributed by atoms with Crippen molar-refractivity contribution in [3.8, 4) is 5.75 Å². The molecule has 1 aromatic rings. The summed E-state index contributed by atoms with van der Waals surface area (Å²) in [6.07, 6.45) is -9.39. The Hall–Kier alpha value is -1.44. The average molecular weight is 329 g/mol. The van der Waals surface area contributed by atoms with Crippen molar-refractivity contribution in [1.29, 1.82) is 0 Å². The van der Waals surface area contributed by atoms with E-state index >= 15 is 0 Å². The Morgan fingerprint density at radius 1 is 1.00 bits per heavy atom. The number of rotatable bonds is 5. The van der Waals surface area contributed by atoms with Gasteiger partial charge in [0, 0.05) is 5.56 Å². The van der Waals surface area contributed by atoms with E-state index < -0.39 is 23.5 Å². The molecule has 0 aromatic heterocycles. The lowest BCUT2D eigenvalue weighted by atomic mass is 9.97. The first-order chi connectivity index (χ1) is 9.96. The Kier molecular flexibility index (Phi) is 5.72. The lowest BCUT2D eigenvalue weighted by Crippen LogP contribution is -2.17. The fourth-order valence-electron chi connectivity index (χ4n) is 2.07. The van der Waals surface area contributed by atoms with Gasteiger partial charge in [0.1, 0.15) is 5.75 Å². The topological polar surface area (TPSA) is 12.5 Å². The van der Waals surface area contributed by atoms with Gasteiger partial charge in [-0.2, -0.15) is 26.3 Å². The molecule has 22 heavy (non-hydrogen) atoms. The number of benzene rings is 1. The van der Waals surface area contributed by atoms with Crippen LogP contribution in [0.3, 0.4) is 0 Å². The van der Waals surface area contributed by atoms with Gasteiger partial charge in [-0.25, -0.2) is 0 Å². The van der Waals surface area contributed by atoms with E-state index in [0.29, 0.717) is 19.0 Å². The highest BCUT2D eigenvalue weighted by Gasteiger charge is 2.39. The van der Waals surface area contributed by atoms with Crippen molar-refractivity contribution >= 4 is 0 Å². The van der Waals surface area contributed by atoms with Crippen LogP contribution in [0.15, 0.2) is 12.1 Å². The van der Waals surface area contributed by atoms with Crippen molar-refractivity contribution in [3.05, 3.63) is 28.8 Å². The molecule has 0 bridgehead atoms. The highest BCUT2D eigenvalue weighted by Crippen LogP contribution is 2.41. The third-order valence-corrected chi connectivity index (χ3v) is 3.09. The molecule has 0 aliphatic carbocycles. The maximum Gasteiger partial charge on any atom is 0.416 e. The monoisotopic (exact) mass is 329 g/mol. The quantitative estimate of drug-likeness (QED) is 0.750. The molecular weight excluding hydrogens is 312 g/mol. The summed E-state index contributed by atoms with van der Waals surface area (Å²) in [4.78, 5) is 1.78. The van der Waals surface area contributed by atoms with Crippen LogP contribution in [0.4, 0.5) is 26.3 Å². The first-order valence-electron chi connectivity index (χ1n) is 6.47. The molecule has 0 fully saturated rings. The molecule has 0 radical (unpaired) electrons. The van der Waals surface area contributed by atoms with Crippen LogP contribution in [0, 0.1) is 0 Å². The molecule has 0 aliphatic heterocycles. The lowest BCUT2D eigenvalue weighted by molar-refractivity contribution is -0.143. The largest absolute Gasteiger partial charge is 0.496 e. The summed E-state index contributed by atoms with van der Waals surface area (Å²) < 4.78 is 82.2. The Bertz CT molecular complexity index is 507. The molecule has 0 unspecified atom stereocenters. The average Bonchev–Trinajstić information content (AvgIpc) is 2.35. The zero-order valence-corrected chi connectivity index (χ0v) is 12.4. The van der Waals surface area contributed by atoms with Gasteiger partial charge in [-0.15, -0.1) is 0 Å². The van der Waals surface area contributed by atoms with Crippen LogP contribution in [0.2, 0.25) is 0 Å². The lowest BCUT2D eigenvalue weighted by Gasteiger charge is -2.19. The smallest absolute Gasteiger partial charge is 0.416 e. The molecule has 126 valence electrons. The van der Waals surface area contributed by atoms with E-state index in [0.717, 1.165) is 7.11 Å². The number of ether oxygens (including phenoxy) is 1. The third kappa shape index (κ3) is 4.79. The summed E-state index contributed by atoms with van der Waals surface area (Å²) in [6, 6.07) is 0.758. The zero-order chi connectivity index (χ0) is 17.1. The summed E-state index contributed by atoms with van der Waals surface area (Å²) >= 11 is 0. The van der Waals surface area contributed by atoms with E-state index in [-0.39, 0.29) is 23.8 Å². The van der Waals surface area contributed by atoms with E-state index in [2.05, 4.69) is 0 Å². The van der Waals surface area contributed by atoms with Crippen molar-refractivity contribution in [1.82, 2.24) is 4.90 Å². The van der Waals surface area contributed by atoms with Gasteiger partial charge in [0.15, 0.2) is 0 Å². The normalized spacial score (nSPS) is 12.8. The third-order valence-electron chi connectivity index (χ3n) is 3.09. The van der Waals surface area contributed by atoms with Crippen molar-refractivity contribution in [2.45, 2.75) is 25.2 Å². The van der Waals surface area contributed by atoms with E-state index in [9.17, 15) is 26.3 Å². The van der Waals surface area contributed by atoms with Gasteiger partial charge in [-0.3, -0.25) is 0 Å². The van der Waals surface area contributed by atoms with Gasteiger partial charge in [-0.05, 0) is 45.6 Å². The van der Waals surface area contributed by atoms with E-state index in [4.69, 9.17) is 4.74 Å². The van der Waals surface area contributed by atoms with E-state index in [1.807, 2.05) is 0 Å². The Labute approximate surface area is 124 Å². The van der Waals surface area contributed by atoms with Gasteiger partial charge < -0.3 is 9.64 Å². The van der Waals surface area contributed by atoms with Crippen molar-refractivity contribution < 1.29 is 31.1 Å². The summed E-state index contributed by atoms with van der Waals surface area (Å²) in [5.74, 6) is -0.388. The van der Waals surface area contributed by atoms with Gasteiger partial charge in [0.05, 0.1) is 18.2 Å². The second-order valence-electron chi connectivity index (χ2n) is 5.11. The van der Waals surface area contributed by atoms with Gasteiger partial charge >= 0.3 is 12.4 Å². The highest BCUT2D eigenvalue weighted by molar-refractivity contribution is 5.46. The molecule has 0 spiro atoms. The molecular formula is C14H17F6NO. The van der Waals surface area contributed by atoms with E-state index in [1.165, 1.54) is 0 Å². The number of alkyl halides is 6. The van der Waals surface area contributed by atoms with Crippen LogP contribution in [0.5, 0.6) is 5.75 Å². The second kappa shape index (κ2) is 6.76. The number of hydrogen-bond acceptors (Lipinski definition) is 2. The van der Waals surface area contributed by atoms with Crippen LogP contribution in [0.1, 0.15) is 23.1 Å². The van der Waals surface area contributed by atoms with Gasteiger partial charge in [-0.1, -0.05) is 0 Å². The van der Waals surface area contributed by atoms with Crippen LogP contribution < -0.4 is 4.74 Å². The Morgan fingerprint density at radius 2 is 1.59 bits per heavy atom. The minimum atomic E-state index is -4.87. The maximum atomic E-state index is 13.1. The van der Waals surface area contributed by atoms with Crippen LogP contribution in [0.25, 0.3) is 0 Å². The molecule has 8 heteroatoms. The zero-order valence-electron chi connectivity index (χ0n) is 12.4. The number of nitrogens with zero attached hydrogens (tertiary/aromatic N) is 1. The summed E-state index contributed by atoms with van der Waals surface area (Å²) in [7, 11) is 4.58. The van der Waals surface area contributed by atoms with Crippen molar-refractivity contribution in [3.63, 3.8) is 0 Å². The number of methoxy groups -OCH3 is 1. The molecule has 0 heterocycles. The SMILES string of the molecule is COc1cc(C(F)(F)F)cc(C(F)(F)F)c1CCCN(C)C.